The lowest BCUT2D eigenvalue weighted by Gasteiger charge is -2.08. The number of rotatable bonds is 3. The van der Waals surface area contributed by atoms with E-state index in [1.54, 1.807) is 12.1 Å². The van der Waals surface area contributed by atoms with Crippen molar-refractivity contribution in [3.05, 3.63) is 53.1 Å². The molecule has 0 aliphatic rings. The molecule has 2 aromatic rings. The van der Waals surface area contributed by atoms with Gasteiger partial charge in [0.15, 0.2) is 5.78 Å². The van der Waals surface area contributed by atoms with Gasteiger partial charge in [0.25, 0.3) is 0 Å². The molecule has 0 saturated carbocycles. The van der Waals surface area contributed by atoms with Crippen molar-refractivity contribution in [1.82, 2.24) is 0 Å². The molecule has 0 aromatic heterocycles. The zero-order chi connectivity index (χ0) is 14.0. The van der Waals surface area contributed by atoms with Crippen LogP contribution in [0.2, 0.25) is 0 Å². The maximum absolute atomic E-state index is 12.3. The SMILES string of the molecule is CCc1ccc(O)c(C(=O)c2ccc(O)cc2O)c1. The third-order valence-corrected chi connectivity index (χ3v) is 2.94. The van der Waals surface area contributed by atoms with Crippen molar-refractivity contribution in [2.75, 3.05) is 0 Å². The van der Waals surface area contributed by atoms with Gasteiger partial charge in [-0.2, -0.15) is 0 Å². The number of carbonyl (C=O) groups is 1. The van der Waals surface area contributed by atoms with Gasteiger partial charge >= 0.3 is 0 Å². The molecule has 0 spiro atoms. The fourth-order valence-corrected chi connectivity index (χ4v) is 1.84. The summed E-state index contributed by atoms with van der Waals surface area (Å²) in [5.74, 6) is -1.05. The van der Waals surface area contributed by atoms with E-state index in [2.05, 4.69) is 0 Å². The number of phenols is 3. The summed E-state index contributed by atoms with van der Waals surface area (Å²) >= 11 is 0. The van der Waals surface area contributed by atoms with E-state index < -0.39 is 5.78 Å². The second kappa shape index (κ2) is 5.02. The van der Waals surface area contributed by atoms with Crippen LogP contribution in [0.5, 0.6) is 17.2 Å². The molecular weight excluding hydrogens is 244 g/mol. The van der Waals surface area contributed by atoms with Gasteiger partial charge in [-0.3, -0.25) is 4.79 Å². The minimum Gasteiger partial charge on any atom is -0.508 e. The molecule has 0 fully saturated rings. The Bertz CT molecular complexity index is 632. The molecule has 0 amide bonds. The first kappa shape index (κ1) is 13.0. The predicted octanol–water partition coefficient (Wildman–Crippen LogP) is 2.60. The van der Waals surface area contributed by atoms with Gasteiger partial charge in [-0.05, 0) is 36.2 Å². The number of benzene rings is 2. The lowest BCUT2D eigenvalue weighted by molar-refractivity contribution is 0.103. The summed E-state index contributed by atoms with van der Waals surface area (Å²) in [4.78, 5) is 12.3. The second-order valence-corrected chi connectivity index (χ2v) is 4.24. The minimum atomic E-state index is -0.481. The van der Waals surface area contributed by atoms with Crippen molar-refractivity contribution in [2.24, 2.45) is 0 Å². The molecule has 0 aliphatic heterocycles. The normalized spacial score (nSPS) is 10.4. The van der Waals surface area contributed by atoms with Gasteiger partial charge in [-0.25, -0.2) is 0 Å². The van der Waals surface area contributed by atoms with Crippen LogP contribution in [-0.4, -0.2) is 21.1 Å². The molecule has 4 nitrogen and oxygen atoms in total. The highest BCUT2D eigenvalue weighted by Gasteiger charge is 2.17. The summed E-state index contributed by atoms with van der Waals surface area (Å²) in [7, 11) is 0. The Morgan fingerprint density at radius 3 is 2.32 bits per heavy atom. The van der Waals surface area contributed by atoms with E-state index in [-0.39, 0.29) is 28.4 Å². The molecule has 0 bridgehead atoms. The van der Waals surface area contributed by atoms with Gasteiger partial charge in [-0.1, -0.05) is 13.0 Å². The van der Waals surface area contributed by atoms with Crippen LogP contribution in [0.4, 0.5) is 0 Å². The van der Waals surface area contributed by atoms with Crippen LogP contribution in [0.3, 0.4) is 0 Å². The third kappa shape index (κ3) is 2.52. The van der Waals surface area contributed by atoms with Crippen LogP contribution >= 0.6 is 0 Å². The van der Waals surface area contributed by atoms with E-state index in [4.69, 9.17) is 0 Å². The zero-order valence-electron chi connectivity index (χ0n) is 10.4. The van der Waals surface area contributed by atoms with Crippen LogP contribution in [0.25, 0.3) is 0 Å². The molecule has 2 rings (SSSR count). The molecule has 0 heterocycles. The number of carbonyl (C=O) groups excluding carboxylic acids is 1. The summed E-state index contributed by atoms with van der Waals surface area (Å²) in [5.41, 5.74) is 1.10. The minimum absolute atomic E-state index is 0.0429. The Morgan fingerprint density at radius 1 is 0.947 bits per heavy atom. The lowest BCUT2D eigenvalue weighted by Crippen LogP contribution is -2.03. The van der Waals surface area contributed by atoms with Crippen molar-refractivity contribution in [3.8, 4) is 17.2 Å². The Labute approximate surface area is 110 Å². The average Bonchev–Trinajstić information content (AvgIpc) is 2.38. The van der Waals surface area contributed by atoms with E-state index in [1.165, 1.54) is 18.2 Å². The van der Waals surface area contributed by atoms with Crippen LogP contribution in [0, 0.1) is 0 Å². The Hall–Kier alpha value is -2.49. The van der Waals surface area contributed by atoms with Crippen molar-refractivity contribution in [1.29, 1.82) is 0 Å². The van der Waals surface area contributed by atoms with Crippen molar-refractivity contribution < 1.29 is 20.1 Å². The summed E-state index contributed by atoms with van der Waals surface area (Å²) in [6.45, 7) is 1.94. The maximum Gasteiger partial charge on any atom is 0.200 e. The van der Waals surface area contributed by atoms with Crippen LogP contribution in [0.15, 0.2) is 36.4 Å². The van der Waals surface area contributed by atoms with Crippen LogP contribution in [-0.2, 0) is 6.42 Å². The molecule has 19 heavy (non-hydrogen) atoms. The highest BCUT2D eigenvalue weighted by molar-refractivity contribution is 6.12. The first-order valence-corrected chi connectivity index (χ1v) is 5.91. The summed E-state index contributed by atoms with van der Waals surface area (Å²) < 4.78 is 0. The number of phenolic OH excluding ortho intramolecular Hbond substituents is 3. The van der Waals surface area contributed by atoms with Gasteiger partial charge in [0.05, 0.1) is 11.1 Å². The number of hydrogen-bond donors (Lipinski definition) is 3. The molecular formula is C15H14O4. The zero-order valence-corrected chi connectivity index (χ0v) is 10.4. The first-order chi connectivity index (χ1) is 9.02. The highest BCUT2D eigenvalue weighted by atomic mass is 16.3. The lowest BCUT2D eigenvalue weighted by atomic mass is 9.99. The summed E-state index contributed by atoms with van der Waals surface area (Å²) in [6.07, 6.45) is 0.738. The molecule has 0 aliphatic carbocycles. The largest absolute Gasteiger partial charge is 0.508 e. The molecule has 3 N–H and O–H groups in total. The fraction of sp³-hybridized carbons (Fsp3) is 0.133. The number of hydrogen-bond acceptors (Lipinski definition) is 4. The smallest absolute Gasteiger partial charge is 0.200 e. The number of aryl methyl sites for hydroxylation is 1. The molecule has 0 atom stereocenters. The molecule has 0 unspecified atom stereocenters. The monoisotopic (exact) mass is 258 g/mol. The number of aromatic hydroxyl groups is 3. The van der Waals surface area contributed by atoms with Gasteiger partial charge in [0.2, 0.25) is 0 Å². The average molecular weight is 258 g/mol. The van der Waals surface area contributed by atoms with Gasteiger partial charge in [0.1, 0.15) is 17.2 Å². The highest BCUT2D eigenvalue weighted by Crippen LogP contribution is 2.28. The molecule has 98 valence electrons. The van der Waals surface area contributed by atoms with E-state index in [1.807, 2.05) is 6.92 Å². The number of ketones is 1. The summed E-state index contributed by atoms with van der Waals surface area (Å²) in [5, 5.41) is 28.6. The van der Waals surface area contributed by atoms with Crippen molar-refractivity contribution in [2.45, 2.75) is 13.3 Å². The third-order valence-electron chi connectivity index (χ3n) is 2.94. The van der Waals surface area contributed by atoms with Crippen LogP contribution < -0.4 is 0 Å². The fourth-order valence-electron chi connectivity index (χ4n) is 1.84. The Morgan fingerprint density at radius 2 is 1.68 bits per heavy atom. The van der Waals surface area contributed by atoms with E-state index in [9.17, 15) is 20.1 Å². The van der Waals surface area contributed by atoms with Gasteiger partial charge < -0.3 is 15.3 Å². The van der Waals surface area contributed by atoms with Crippen LogP contribution in [0.1, 0.15) is 28.4 Å². The first-order valence-electron chi connectivity index (χ1n) is 5.91. The molecule has 2 aromatic carbocycles. The Kier molecular flexibility index (Phi) is 3.42. The second-order valence-electron chi connectivity index (χ2n) is 4.24. The van der Waals surface area contributed by atoms with Gasteiger partial charge in [-0.15, -0.1) is 0 Å². The van der Waals surface area contributed by atoms with E-state index in [0.717, 1.165) is 18.1 Å². The molecule has 0 radical (unpaired) electrons. The molecule has 4 heteroatoms. The van der Waals surface area contributed by atoms with Gasteiger partial charge in [0, 0.05) is 6.07 Å². The topological polar surface area (TPSA) is 77.8 Å². The van der Waals surface area contributed by atoms with E-state index >= 15 is 0 Å². The standard InChI is InChI=1S/C15H14O4/c1-2-9-3-6-13(17)12(7-9)15(19)11-5-4-10(16)8-14(11)18/h3-8,16-18H,2H2,1H3. The summed E-state index contributed by atoms with van der Waals surface area (Å²) in [6, 6.07) is 8.53. The Balaban J connectivity index is 2.49. The van der Waals surface area contributed by atoms with E-state index in [0.29, 0.717) is 0 Å². The molecule has 0 saturated heterocycles. The maximum atomic E-state index is 12.3. The van der Waals surface area contributed by atoms with Crippen molar-refractivity contribution in [3.63, 3.8) is 0 Å². The quantitative estimate of drug-likeness (QED) is 0.739. The van der Waals surface area contributed by atoms with Crippen molar-refractivity contribution >= 4 is 5.78 Å². The predicted molar refractivity (Wildman–Crippen MR) is 70.7 cm³/mol.